The number of hydrogen-bond donors (Lipinski definition) is 1. The monoisotopic (exact) mass is 387 g/mol. The first-order valence-electron chi connectivity index (χ1n) is 8.95. The van der Waals surface area contributed by atoms with Crippen LogP contribution >= 0.6 is 0 Å². The molecule has 0 fully saturated rings. The molecule has 0 unspecified atom stereocenters. The molecule has 0 saturated heterocycles. The van der Waals surface area contributed by atoms with E-state index in [9.17, 15) is 14.4 Å². The predicted molar refractivity (Wildman–Crippen MR) is 109 cm³/mol. The molecular formula is C21H17N5O3. The van der Waals surface area contributed by atoms with E-state index in [-0.39, 0.29) is 24.5 Å². The molecule has 0 aliphatic rings. The maximum absolute atomic E-state index is 13.1. The fourth-order valence-corrected chi connectivity index (χ4v) is 3.07. The number of aromatic nitrogens is 4. The molecule has 3 heterocycles. The Morgan fingerprint density at radius 1 is 0.931 bits per heavy atom. The second kappa shape index (κ2) is 7.89. The summed E-state index contributed by atoms with van der Waals surface area (Å²) in [4.78, 5) is 46.6. The number of anilines is 1. The summed E-state index contributed by atoms with van der Waals surface area (Å²) in [5.74, 6) is -0.380. The molecule has 29 heavy (non-hydrogen) atoms. The number of benzene rings is 1. The van der Waals surface area contributed by atoms with Crippen molar-refractivity contribution in [2.45, 2.75) is 13.1 Å². The lowest BCUT2D eigenvalue weighted by atomic mass is 10.2. The molecule has 1 N–H and O–H groups in total. The second-order valence-corrected chi connectivity index (χ2v) is 6.41. The maximum atomic E-state index is 13.1. The minimum atomic E-state index is -0.581. The van der Waals surface area contributed by atoms with E-state index in [4.69, 9.17) is 0 Å². The predicted octanol–water partition coefficient (Wildman–Crippen LogP) is 1.64. The summed E-state index contributed by atoms with van der Waals surface area (Å²) >= 11 is 0. The van der Waals surface area contributed by atoms with Gasteiger partial charge in [-0.3, -0.25) is 23.7 Å². The molecule has 0 radical (unpaired) electrons. The molecule has 0 atom stereocenters. The second-order valence-electron chi connectivity index (χ2n) is 6.41. The fraction of sp³-hybridized carbons (Fsp3) is 0.0952. The number of hydrogen-bond acceptors (Lipinski definition) is 5. The van der Waals surface area contributed by atoms with Crippen LogP contribution in [0.25, 0.3) is 11.0 Å². The minimum absolute atomic E-state index is 0.0400. The van der Waals surface area contributed by atoms with E-state index in [0.717, 1.165) is 4.57 Å². The summed E-state index contributed by atoms with van der Waals surface area (Å²) in [6.45, 7) is -0.207. The smallest absolute Gasteiger partial charge is 0.325 e. The summed E-state index contributed by atoms with van der Waals surface area (Å²) in [7, 11) is 0. The van der Waals surface area contributed by atoms with E-state index >= 15 is 0 Å². The molecule has 8 nitrogen and oxygen atoms in total. The Morgan fingerprint density at radius 2 is 1.72 bits per heavy atom. The van der Waals surface area contributed by atoms with Crippen LogP contribution < -0.4 is 16.6 Å². The van der Waals surface area contributed by atoms with Gasteiger partial charge in [0.2, 0.25) is 5.91 Å². The number of nitrogens with zero attached hydrogens (tertiary/aromatic N) is 4. The van der Waals surface area contributed by atoms with Crippen LogP contribution in [-0.4, -0.2) is 25.0 Å². The van der Waals surface area contributed by atoms with Gasteiger partial charge in [-0.15, -0.1) is 0 Å². The average molecular weight is 387 g/mol. The topological polar surface area (TPSA) is 98.9 Å². The van der Waals surface area contributed by atoms with Gasteiger partial charge < -0.3 is 5.32 Å². The largest absolute Gasteiger partial charge is 0.332 e. The Labute approximate surface area is 165 Å². The summed E-state index contributed by atoms with van der Waals surface area (Å²) < 4.78 is 2.33. The van der Waals surface area contributed by atoms with Crippen LogP contribution in [-0.2, 0) is 17.9 Å². The minimum Gasteiger partial charge on any atom is -0.325 e. The lowest BCUT2D eigenvalue weighted by Gasteiger charge is -2.13. The molecule has 3 aromatic heterocycles. The zero-order valence-electron chi connectivity index (χ0n) is 15.4. The fourth-order valence-electron chi connectivity index (χ4n) is 3.07. The van der Waals surface area contributed by atoms with Crippen molar-refractivity contribution in [2.75, 3.05) is 5.32 Å². The van der Waals surface area contributed by atoms with Gasteiger partial charge in [0.15, 0.2) is 5.52 Å². The van der Waals surface area contributed by atoms with Gasteiger partial charge in [-0.25, -0.2) is 9.78 Å². The van der Waals surface area contributed by atoms with Gasteiger partial charge in [-0.05, 0) is 35.9 Å². The summed E-state index contributed by atoms with van der Waals surface area (Å²) in [6, 6.07) is 15.7. The van der Waals surface area contributed by atoms with Crippen molar-refractivity contribution in [3.63, 3.8) is 0 Å². The van der Waals surface area contributed by atoms with E-state index in [1.54, 1.807) is 60.9 Å². The Bertz CT molecular complexity index is 1280. The van der Waals surface area contributed by atoms with E-state index in [2.05, 4.69) is 15.3 Å². The molecule has 4 rings (SSSR count). The van der Waals surface area contributed by atoms with E-state index in [1.807, 2.05) is 6.07 Å². The number of para-hydroxylation sites is 1. The van der Waals surface area contributed by atoms with E-state index < -0.39 is 11.2 Å². The highest BCUT2D eigenvalue weighted by Crippen LogP contribution is 2.08. The molecule has 0 bridgehead atoms. The molecule has 0 aliphatic carbocycles. The van der Waals surface area contributed by atoms with Gasteiger partial charge in [0.1, 0.15) is 6.54 Å². The Kier molecular flexibility index (Phi) is 4.98. The number of pyridine rings is 2. The Balaban J connectivity index is 1.77. The molecule has 8 heteroatoms. The number of rotatable bonds is 5. The summed E-state index contributed by atoms with van der Waals surface area (Å²) in [5.41, 5.74) is 0.673. The van der Waals surface area contributed by atoms with Crippen LogP contribution in [0.4, 0.5) is 5.69 Å². The van der Waals surface area contributed by atoms with Crippen molar-refractivity contribution in [3.8, 4) is 0 Å². The summed E-state index contributed by atoms with van der Waals surface area (Å²) in [6.07, 6.45) is 4.68. The van der Waals surface area contributed by atoms with Crippen LogP contribution in [0.2, 0.25) is 0 Å². The molecule has 1 amide bonds. The third kappa shape index (κ3) is 3.81. The van der Waals surface area contributed by atoms with Gasteiger partial charge >= 0.3 is 5.69 Å². The zero-order chi connectivity index (χ0) is 20.2. The number of fused-ring (bicyclic) bond motifs is 1. The van der Waals surface area contributed by atoms with Gasteiger partial charge in [0.25, 0.3) is 5.56 Å². The van der Waals surface area contributed by atoms with Gasteiger partial charge in [-0.1, -0.05) is 24.3 Å². The van der Waals surface area contributed by atoms with Crippen molar-refractivity contribution in [1.29, 1.82) is 0 Å². The molecule has 4 aromatic rings. The third-order valence-corrected chi connectivity index (χ3v) is 4.41. The molecular weight excluding hydrogens is 370 g/mol. The zero-order valence-corrected chi connectivity index (χ0v) is 15.4. The Hall–Kier alpha value is -4.07. The number of carbonyl (C=O) groups excluding carboxylic acids is 1. The lowest BCUT2D eigenvalue weighted by Crippen LogP contribution is -2.42. The van der Waals surface area contributed by atoms with Crippen LogP contribution in [0.1, 0.15) is 5.56 Å². The quantitative estimate of drug-likeness (QED) is 0.561. The molecule has 1 aromatic carbocycles. The molecule has 0 saturated carbocycles. The highest BCUT2D eigenvalue weighted by Gasteiger charge is 2.16. The Morgan fingerprint density at radius 3 is 2.48 bits per heavy atom. The lowest BCUT2D eigenvalue weighted by molar-refractivity contribution is -0.116. The third-order valence-electron chi connectivity index (χ3n) is 4.41. The van der Waals surface area contributed by atoms with Crippen molar-refractivity contribution >= 4 is 22.6 Å². The van der Waals surface area contributed by atoms with Gasteiger partial charge in [-0.2, -0.15) is 0 Å². The van der Waals surface area contributed by atoms with E-state index in [0.29, 0.717) is 16.8 Å². The van der Waals surface area contributed by atoms with E-state index in [1.165, 1.54) is 10.8 Å². The number of nitrogens with one attached hydrogen (secondary N) is 1. The average Bonchev–Trinajstić information content (AvgIpc) is 2.75. The summed E-state index contributed by atoms with van der Waals surface area (Å²) in [5, 5.41) is 2.75. The van der Waals surface area contributed by atoms with Gasteiger partial charge in [0, 0.05) is 24.3 Å². The van der Waals surface area contributed by atoms with Gasteiger partial charge in [0.05, 0.1) is 12.1 Å². The highest BCUT2D eigenvalue weighted by atomic mass is 16.2. The van der Waals surface area contributed by atoms with Crippen molar-refractivity contribution in [3.05, 3.63) is 99.6 Å². The SMILES string of the molecule is O=C(Cn1c(=O)n(Cc2cccnc2)c(=O)c2ncccc21)Nc1ccccc1. The number of amides is 1. The maximum Gasteiger partial charge on any atom is 0.332 e. The first-order valence-corrected chi connectivity index (χ1v) is 8.95. The number of carbonyl (C=O) groups is 1. The van der Waals surface area contributed by atoms with Crippen molar-refractivity contribution in [2.24, 2.45) is 0 Å². The van der Waals surface area contributed by atoms with Crippen molar-refractivity contribution < 1.29 is 4.79 Å². The van der Waals surface area contributed by atoms with Crippen molar-refractivity contribution in [1.82, 2.24) is 19.1 Å². The van der Waals surface area contributed by atoms with Crippen LogP contribution in [0.15, 0.2) is 82.8 Å². The molecule has 0 spiro atoms. The van der Waals surface area contributed by atoms with Crippen LogP contribution in [0.3, 0.4) is 0 Å². The first-order chi connectivity index (χ1) is 14.1. The van der Waals surface area contributed by atoms with Crippen LogP contribution in [0.5, 0.6) is 0 Å². The standard InChI is InChI=1S/C21H17N5O3/c27-18(24-16-7-2-1-3-8-16)14-25-17-9-5-11-23-19(17)20(28)26(21(25)29)13-15-6-4-10-22-12-15/h1-12H,13-14H2,(H,24,27). The highest BCUT2D eigenvalue weighted by molar-refractivity contribution is 5.91. The first kappa shape index (κ1) is 18.3. The molecule has 144 valence electrons. The molecule has 0 aliphatic heterocycles. The normalized spacial score (nSPS) is 10.8. The van der Waals surface area contributed by atoms with Crippen LogP contribution in [0, 0.1) is 0 Å².